The SMILES string of the molecule is CCCCc1nc(C)cc(=O)n1Cc1ccc(OC(C(=O)O)c2ccccc2)cc1. The molecule has 0 aliphatic heterocycles. The van der Waals surface area contributed by atoms with Crippen LogP contribution in [-0.2, 0) is 17.8 Å². The van der Waals surface area contributed by atoms with Gasteiger partial charge >= 0.3 is 5.97 Å². The topological polar surface area (TPSA) is 81.4 Å². The molecule has 0 amide bonds. The fraction of sp³-hybridized carbons (Fsp3) is 0.292. The van der Waals surface area contributed by atoms with Crippen LogP contribution in [0.3, 0.4) is 0 Å². The number of nitrogens with zero attached hydrogens (tertiary/aromatic N) is 2. The number of carboxylic acids is 1. The van der Waals surface area contributed by atoms with Crippen molar-refractivity contribution in [2.75, 3.05) is 0 Å². The summed E-state index contributed by atoms with van der Waals surface area (Å²) in [6, 6.07) is 17.5. The first-order chi connectivity index (χ1) is 14.5. The van der Waals surface area contributed by atoms with Gasteiger partial charge in [0.15, 0.2) is 0 Å². The maximum Gasteiger partial charge on any atom is 0.349 e. The van der Waals surface area contributed by atoms with E-state index in [0.29, 0.717) is 17.9 Å². The van der Waals surface area contributed by atoms with E-state index in [9.17, 15) is 14.7 Å². The van der Waals surface area contributed by atoms with E-state index in [2.05, 4.69) is 11.9 Å². The first kappa shape index (κ1) is 21.3. The molecule has 6 heteroatoms. The highest BCUT2D eigenvalue weighted by molar-refractivity contribution is 5.74. The number of unbranched alkanes of at least 4 members (excludes halogenated alkanes) is 1. The summed E-state index contributed by atoms with van der Waals surface area (Å²) in [7, 11) is 0. The highest BCUT2D eigenvalue weighted by atomic mass is 16.5. The monoisotopic (exact) mass is 406 g/mol. The zero-order valence-electron chi connectivity index (χ0n) is 17.2. The van der Waals surface area contributed by atoms with Crippen LogP contribution < -0.4 is 10.3 Å². The van der Waals surface area contributed by atoms with Crippen molar-refractivity contribution in [3.63, 3.8) is 0 Å². The Kier molecular flexibility index (Phi) is 7.01. The van der Waals surface area contributed by atoms with Crippen molar-refractivity contribution in [1.82, 2.24) is 9.55 Å². The molecular weight excluding hydrogens is 380 g/mol. The zero-order chi connectivity index (χ0) is 21.5. The van der Waals surface area contributed by atoms with E-state index in [-0.39, 0.29) is 5.56 Å². The maximum atomic E-state index is 12.5. The second-order valence-electron chi connectivity index (χ2n) is 7.23. The van der Waals surface area contributed by atoms with Crippen LogP contribution in [0.15, 0.2) is 65.5 Å². The van der Waals surface area contributed by atoms with E-state index in [4.69, 9.17) is 4.74 Å². The molecular formula is C24H26N2O4. The number of aromatic nitrogens is 2. The molecule has 0 fully saturated rings. The van der Waals surface area contributed by atoms with Gasteiger partial charge in [-0.2, -0.15) is 0 Å². The van der Waals surface area contributed by atoms with Crippen LogP contribution in [0.5, 0.6) is 5.75 Å². The lowest BCUT2D eigenvalue weighted by Crippen LogP contribution is -2.25. The van der Waals surface area contributed by atoms with Crippen LogP contribution in [-0.4, -0.2) is 20.6 Å². The Labute approximate surface area is 175 Å². The number of hydrogen-bond donors (Lipinski definition) is 1. The van der Waals surface area contributed by atoms with Gasteiger partial charge in [0.1, 0.15) is 11.6 Å². The number of carboxylic acid groups (broad SMARTS) is 1. The molecule has 1 unspecified atom stereocenters. The largest absolute Gasteiger partial charge is 0.478 e. The summed E-state index contributed by atoms with van der Waals surface area (Å²) in [5.74, 6) is 0.191. The molecule has 1 atom stereocenters. The molecule has 0 radical (unpaired) electrons. The second kappa shape index (κ2) is 9.87. The first-order valence-corrected chi connectivity index (χ1v) is 10.1. The zero-order valence-corrected chi connectivity index (χ0v) is 17.2. The third kappa shape index (κ3) is 5.35. The van der Waals surface area contributed by atoms with Gasteiger partial charge in [0.2, 0.25) is 6.10 Å². The standard InChI is InChI=1S/C24H26N2O4/c1-3-4-10-21-25-17(2)15-22(27)26(21)16-18-11-13-20(14-12-18)30-23(24(28)29)19-8-6-5-7-9-19/h5-9,11-15,23H,3-4,10,16H2,1-2H3,(H,28,29). The summed E-state index contributed by atoms with van der Waals surface area (Å²) in [4.78, 5) is 28.7. The van der Waals surface area contributed by atoms with Gasteiger partial charge in [-0.3, -0.25) is 9.36 Å². The van der Waals surface area contributed by atoms with E-state index in [1.165, 1.54) is 0 Å². The van der Waals surface area contributed by atoms with Gasteiger partial charge < -0.3 is 9.84 Å². The Bertz CT molecular complexity index is 1040. The number of rotatable bonds is 9. The van der Waals surface area contributed by atoms with Crippen LogP contribution in [0, 0.1) is 6.92 Å². The Balaban J connectivity index is 1.78. The summed E-state index contributed by atoms with van der Waals surface area (Å²) in [5, 5.41) is 9.52. The van der Waals surface area contributed by atoms with Crippen LogP contribution in [0.4, 0.5) is 0 Å². The summed E-state index contributed by atoms with van der Waals surface area (Å²) in [5.41, 5.74) is 2.15. The molecule has 0 saturated carbocycles. The van der Waals surface area contributed by atoms with E-state index in [1.54, 1.807) is 47.0 Å². The number of carbonyl (C=O) groups is 1. The fourth-order valence-corrected chi connectivity index (χ4v) is 3.26. The maximum absolute atomic E-state index is 12.5. The van der Waals surface area contributed by atoms with Gasteiger partial charge in [-0.1, -0.05) is 55.8 Å². The second-order valence-corrected chi connectivity index (χ2v) is 7.23. The lowest BCUT2D eigenvalue weighted by Gasteiger charge is -2.16. The molecule has 1 heterocycles. The van der Waals surface area contributed by atoms with Gasteiger partial charge in [0.25, 0.3) is 5.56 Å². The molecule has 0 spiro atoms. The van der Waals surface area contributed by atoms with E-state index in [0.717, 1.165) is 36.3 Å². The van der Waals surface area contributed by atoms with Crippen LogP contribution in [0.2, 0.25) is 0 Å². The molecule has 0 aliphatic rings. The van der Waals surface area contributed by atoms with Gasteiger partial charge in [-0.15, -0.1) is 0 Å². The normalized spacial score (nSPS) is 11.8. The average molecular weight is 406 g/mol. The Morgan fingerprint density at radius 1 is 1.13 bits per heavy atom. The molecule has 1 N–H and O–H groups in total. The van der Waals surface area contributed by atoms with E-state index in [1.807, 2.05) is 25.1 Å². The van der Waals surface area contributed by atoms with Crippen LogP contribution in [0.1, 0.15) is 48.5 Å². The molecule has 3 aromatic rings. The van der Waals surface area contributed by atoms with Gasteiger partial charge in [0, 0.05) is 23.7 Å². The summed E-state index contributed by atoms with van der Waals surface area (Å²) in [6.07, 6.45) is 1.67. The Morgan fingerprint density at radius 3 is 2.47 bits per heavy atom. The van der Waals surface area contributed by atoms with Crippen molar-refractivity contribution in [1.29, 1.82) is 0 Å². The minimum absolute atomic E-state index is 0.0658. The Hall–Kier alpha value is -3.41. The summed E-state index contributed by atoms with van der Waals surface area (Å²) < 4.78 is 7.40. The Morgan fingerprint density at radius 2 is 1.83 bits per heavy atom. The molecule has 30 heavy (non-hydrogen) atoms. The fourth-order valence-electron chi connectivity index (χ4n) is 3.26. The number of benzene rings is 2. The minimum Gasteiger partial charge on any atom is -0.478 e. The quantitative estimate of drug-likeness (QED) is 0.577. The number of ether oxygens (including phenoxy) is 1. The summed E-state index contributed by atoms with van der Waals surface area (Å²) >= 11 is 0. The highest BCUT2D eigenvalue weighted by Crippen LogP contribution is 2.23. The first-order valence-electron chi connectivity index (χ1n) is 10.1. The van der Waals surface area contributed by atoms with E-state index < -0.39 is 12.1 Å². The third-order valence-corrected chi connectivity index (χ3v) is 4.81. The predicted octanol–water partition coefficient (Wildman–Crippen LogP) is 4.15. The average Bonchev–Trinajstić information content (AvgIpc) is 2.74. The lowest BCUT2D eigenvalue weighted by molar-refractivity contribution is -0.145. The van der Waals surface area contributed by atoms with Gasteiger partial charge in [-0.25, -0.2) is 9.78 Å². The summed E-state index contributed by atoms with van der Waals surface area (Å²) in [6.45, 7) is 4.35. The molecule has 0 bridgehead atoms. The third-order valence-electron chi connectivity index (χ3n) is 4.81. The molecule has 0 aliphatic carbocycles. The van der Waals surface area contributed by atoms with Crippen molar-refractivity contribution in [3.05, 3.63) is 93.7 Å². The van der Waals surface area contributed by atoms with Crippen molar-refractivity contribution in [2.45, 2.75) is 45.8 Å². The molecule has 2 aromatic carbocycles. The smallest absolute Gasteiger partial charge is 0.349 e. The van der Waals surface area contributed by atoms with Crippen molar-refractivity contribution in [3.8, 4) is 5.75 Å². The van der Waals surface area contributed by atoms with Crippen LogP contribution in [0.25, 0.3) is 0 Å². The van der Waals surface area contributed by atoms with Crippen LogP contribution >= 0.6 is 0 Å². The van der Waals surface area contributed by atoms with Crippen molar-refractivity contribution >= 4 is 5.97 Å². The molecule has 6 nitrogen and oxygen atoms in total. The lowest BCUT2D eigenvalue weighted by atomic mass is 10.1. The molecule has 156 valence electrons. The number of hydrogen-bond acceptors (Lipinski definition) is 4. The predicted molar refractivity (Wildman–Crippen MR) is 115 cm³/mol. The highest BCUT2D eigenvalue weighted by Gasteiger charge is 2.21. The van der Waals surface area contributed by atoms with Gasteiger partial charge in [0.05, 0.1) is 6.54 Å². The molecule has 1 aromatic heterocycles. The van der Waals surface area contributed by atoms with Crippen molar-refractivity contribution < 1.29 is 14.6 Å². The molecule has 3 rings (SSSR count). The van der Waals surface area contributed by atoms with E-state index >= 15 is 0 Å². The van der Waals surface area contributed by atoms with Gasteiger partial charge in [-0.05, 0) is 31.0 Å². The van der Waals surface area contributed by atoms with Crippen molar-refractivity contribution in [2.24, 2.45) is 0 Å². The number of aryl methyl sites for hydroxylation is 2. The molecule has 0 saturated heterocycles. The number of aliphatic carboxylic acids is 1. The minimum atomic E-state index is -1.08.